The number of carbonyl (C=O) groups is 1. The van der Waals surface area contributed by atoms with Crippen LogP contribution < -0.4 is 4.74 Å². The summed E-state index contributed by atoms with van der Waals surface area (Å²) in [6.45, 7) is 2.35. The molecule has 7 nitrogen and oxygen atoms in total. The van der Waals surface area contributed by atoms with Gasteiger partial charge < -0.3 is 9.47 Å². The summed E-state index contributed by atoms with van der Waals surface area (Å²) in [6, 6.07) is 14.1. The van der Waals surface area contributed by atoms with Crippen molar-refractivity contribution in [3.63, 3.8) is 0 Å². The van der Waals surface area contributed by atoms with Crippen LogP contribution in [0.25, 0.3) is 0 Å². The number of nitro benzene ring substituents is 1. The maximum Gasteiger partial charge on any atom is 0.338 e. The predicted molar refractivity (Wildman–Crippen MR) is 95.2 cm³/mol. The van der Waals surface area contributed by atoms with Gasteiger partial charge in [-0.15, -0.1) is 0 Å². The van der Waals surface area contributed by atoms with Crippen LogP contribution in [0.5, 0.6) is 5.75 Å². The number of nitro groups is 1. The first-order chi connectivity index (χ1) is 12.6. The number of esters is 1. The summed E-state index contributed by atoms with van der Waals surface area (Å²) in [6.07, 6.45) is 0.579. The van der Waals surface area contributed by atoms with Crippen molar-refractivity contribution < 1.29 is 19.2 Å². The van der Waals surface area contributed by atoms with Crippen LogP contribution in [0, 0.1) is 10.1 Å². The second-order valence-corrected chi connectivity index (χ2v) is 6.18. The van der Waals surface area contributed by atoms with Crippen LogP contribution in [0.15, 0.2) is 48.5 Å². The molecular formula is C19H20N2O5. The number of methoxy groups -OCH3 is 1. The fourth-order valence-corrected chi connectivity index (χ4v) is 3.05. The van der Waals surface area contributed by atoms with E-state index in [4.69, 9.17) is 9.47 Å². The van der Waals surface area contributed by atoms with Crippen molar-refractivity contribution in [3.05, 3.63) is 69.8 Å². The van der Waals surface area contributed by atoms with Gasteiger partial charge in [0.1, 0.15) is 6.10 Å². The van der Waals surface area contributed by atoms with Crippen molar-refractivity contribution in [2.24, 2.45) is 0 Å². The molecule has 0 bridgehead atoms. The molecule has 1 aliphatic rings. The van der Waals surface area contributed by atoms with Gasteiger partial charge in [-0.1, -0.05) is 30.3 Å². The third-order valence-electron chi connectivity index (χ3n) is 4.36. The van der Waals surface area contributed by atoms with Crippen LogP contribution in [0.2, 0.25) is 0 Å². The van der Waals surface area contributed by atoms with Crippen molar-refractivity contribution in [2.45, 2.75) is 19.1 Å². The SMILES string of the molecule is COc1cc(C(=O)O[C@H]2CCN(Cc3ccccc3)C2)ccc1[N+](=O)[O-]. The highest BCUT2D eigenvalue weighted by atomic mass is 16.6. The van der Waals surface area contributed by atoms with E-state index in [-0.39, 0.29) is 23.1 Å². The third kappa shape index (κ3) is 4.18. The normalized spacial score (nSPS) is 17.0. The van der Waals surface area contributed by atoms with Crippen LogP contribution in [0.3, 0.4) is 0 Å². The number of hydrogen-bond acceptors (Lipinski definition) is 6. The lowest BCUT2D eigenvalue weighted by Gasteiger charge is -2.16. The van der Waals surface area contributed by atoms with Crippen LogP contribution in [0.4, 0.5) is 5.69 Å². The Morgan fingerprint density at radius 3 is 2.73 bits per heavy atom. The first-order valence-corrected chi connectivity index (χ1v) is 8.36. The Kier molecular flexibility index (Phi) is 5.48. The van der Waals surface area contributed by atoms with Gasteiger partial charge in [-0.2, -0.15) is 0 Å². The molecule has 0 aromatic heterocycles. The number of ether oxygens (including phenoxy) is 2. The van der Waals surface area contributed by atoms with E-state index in [1.165, 1.54) is 30.9 Å². The predicted octanol–water partition coefficient (Wildman–Crippen LogP) is 3.03. The monoisotopic (exact) mass is 356 g/mol. The summed E-state index contributed by atoms with van der Waals surface area (Å²) in [5, 5.41) is 10.9. The minimum atomic E-state index is -0.549. The molecule has 0 radical (unpaired) electrons. The van der Waals surface area contributed by atoms with Gasteiger partial charge in [-0.05, 0) is 18.1 Å². The molecule has 1 atom stereocenters. The number of hydrogen-bond donors (Lipinski definition) is 0. The molecule has 0 N–H and O–H groups in total. The average Bonchev–Trinajstić information content (AvgIpc) is 3.08. The Morgan fingerprint density at radius 1 is 1.27 bits per heavy atom. The van der Waals surface area contributed by atoms with E-state index in [1.54, 1.807) is 0 Å². The Balaban J connectivity index is 1.59. The molecule has 0 amide bonds. The lowest BCUT2D eigenvalue weighted by atomic mass is 10.2. The molecular weight excluding hydrogens is 336 g/mol. The zero-order chi connectivity index (χ0) is 18.5. The highest BCUT2D eigenvalue weighted by molar-refractivity contribution is 5.90. The molecule has 0 spiro atoms. The first kappa shape index (κ1) is 17.9. The zero-order valence-electron chi connectivity index (χ0n) is 14.5. The van der Waals surface area contributed by atoms with E-state index in [9.17, 15) is 14.9 Å². The molecule has 136 valence electrons. The molecule has 1 heterocycles. The number of rotatable bonds is 6. The largest absolute Gasteiger partial charge is 0.490 e. The van der Waals surface area contributed by atoms with Crippen molar-refractivity contribution in [1.82, 2.24) is 4.90 Å². The first-order valence-electron chi connectivity index (χ1n) is 8.36. The Morgan fingerprint density at radius 2 is 2.04 bits per heavy atom. The molecule has 3 rings (SSSR count). The van der Waals surface area contributed by atoms with Gasteiger partial charge in [0.15, 0.2) is 5.75 Å². The summed E-state index contributed by atoms with van der Waals surface area (Å²) in [4.78, 5) is 25.0. The molecule has 7 heteroatoms. The van der Waals surface area contributed by atoms with Crippen LogP contribution in [0.1, 0.15) is 22.3 Å². The summed E-state index contributed by atoms with van der Waals surface area (Å²) >= 11 is 0. The van der Waals surface area contributed by atoms with E-state index in [0.717, 1.165) is 19.5 Å². The lowest BCUT2D eigenvalue weighted by Crippen LogP contribution is -2.24. The fraction of sp³-hybridized carbons (Fsp3) is 0.316. The van der Waals surface area contributed by atoms with Gasteiger partial charge in [0.25, 0.3) is 0 Å². The molecule has 1 saturated heterocycles. The lowest BCUT2D eigenvalue weighted by molar-refractivity contribution is -0.385. The molecule has 0 unspecified atom stereocenters. The summed E-state index contributed by atoms with van der Waals surface area (Å²) < 4.78 is 10.6. The van der Waals surface area contributed by atoms with Gasteiger partial charge in [-0.3, -0.25) is 15.0 Å². The van der Waals surface area contributed by atoms with Crippen molar-refractivity contribution in [3.8, 4) is 5.75 Å². The molecule has 0 aliphatic carbocycles. The Bertz CT molecular complexity index is 794. The zero-order valence-corrected chi connectivity index (χ0v) is 14.5. The molecule has 26 heavy (non-hydrogen) atoms. The van der Waals surface area contributed by atoms with Gasteiger partial charge >= 0.3 is 11.7 Å². The quantitative estimate of drug-likeness (QED) is 0.449. The average molecular weight is 356 g/mol. The third-order valence-corrected chi connectivity index (χ3v) is 4.36. The molecule has 2 aromatic rings. The van der Waals surface area contributed by atoms with E-state index in [0.29, 0.717) is 6.54 Å². The standard InChI is InChI=1S/C19H20N2O5/c1-25-18-11-15(7-8-17(18)21(23)24)19(22)26-16-9-10-20(13-16)12-14-5-3-2-4-6-14/h2-8,11,16H,9-10,12-13H2,1H3/t16-/m0/s1. The van der Waals surface area contributed by atoms with Crippen molar-refractivity contribution >= 4 is 11.7 Å². The smallest absolute Gasteiger partial charge is 0.338 e. The summed E-state index contributed by atoms with van der Waals surface area (Å²) in [7, 11) is 1.33. The number of benzene rings is 2. The van der Waals surface area contributed by atoms with E-state index in [1.807, 2.05) is 18.2 Å². The highest BCUT2D eigenvalue weighted by Gasteiger charge is 2.27. The van der Waals surface area contributed by atoms with Gasteiger partial charge in [0.2, 0.25) is 0 Å². The molecule has 0 saturated carbocycles. The van der Waals surface area contributed by atoms with Crippen molar-refractivity contribution in [2.75, 3.05) is 20.2 Å². The van der Waals surface area contributed by atoms with Gasteiger partial charge in [0, 0.05) is 31.8 Å². The van der Waals surface area contributed by atoms with Crippen molar-refractivity contribution in [1.29, 1.82) is 0 Å². The molecule has 2 aromatic carbocycles. The second-order valence-electron chi connectivity index (χ2n) is 6.18. The van der Waals surface area contributed by atoms with Gasteiger partial charge in [-0.25, -0.2) is 4.79 Å². The Hall–Kier alpha value is -2.93. The maximum atomic E-state index is 12.3. The van der Waals surface area contributed by atoms with Gasteiger partial charge in [0.05, 0.1) is 17.6 Å². The summed E-state index contributed by atoms with van der Waals surface area (Å²) in [5.74, 6) is -0.452. The van der Waals surface area contributed by atoms with E-state index in [2.05, 4.69) is 17.0 Å². The highest BCUT2D eigenvalue weighted by Crippen LogP contribution is 2.28. The van der Waals surface area contributed by atoms with E-state index < -0.39 is 10.9 Å². The topological polar surface area (TPSA) is 81.9 Å². The summed E-state index contributed by atoms with van der Waals surface area (Å²) in [5.41, 5.74) is 1.28. The Labute approximate surface area is 151 Å². The van der Waals surface area contributed by atoms with E-state index >= 15 is 0 Å². The number of likely N-dealkylation sites (tertiary alicyclic amines) is 1. The number of nitrogens with zero attached hydrogens (tertiary/aromatic N) is 2. The minimum absolute atomic E-state index is 0.0431. The van der Waals surface area contributed by atoms with Crippen LogP contribution >= 0.6 is 0 Å². The van der Waals surface area contributed by atoms with Crippen LogP contribution in [-0.4, -0.2) is 42.1 Å². The minimum Gasteiger partial charge on any atom is -0.490 e. The maximum absolute atomic E-state index is 12.3. The molecule has 1 fully saturated rings. The number of carbonyl (C=O) groups excluding carboxylic acids is 1. The fourth-order valence-electron chi connectivity index (χ4n) is 3.05. The van der Waals surface area contributed by atoms with Crippen LogP contribution in [-0.2, 0) is 11.3 Å². The second kappa shape index (κ2) is 7.97. The molecule has 1 aliphatic heterocycles.